The number of halogens is 2. The van der Waals surface area contributed by atoms with Gasteiger partial charge in [-0.3, -0.25) is 4.98 Å². The highest BCUT2D eigenvalue weighted by molar-refractivity contribution is 5.85. The molecule has 0 saturated carbocycles. The number of fused-ring (bicyclic) bond motifs is 1. The van der Waals surface area contributed by atoms with E-state index in [-0.39, 0.29) is 24.8 Å². The first-order valence-electron chi connectivity index (χ1n) is 9.69. The third-order valence-electron chi connectivity index (χ3n) is 5.30. The molecule has 28 heavy (non-hydrogen) atoms. The SMILES string of the molecule is Cl.Cl.c1cncc(CCCN2CCNC(Cc3ccc4ccccc4c3)C2)c1. The molecule has 3 nitrogen and oxygen atoms in total. The minimum absolute atomic E-state index is 0. The normalized spacial score (nSPS) is 16.9. The van der Waals surface area contributed by atoms with Crippen LogP contribution in [0.25, 0.3) is 10.8 Å². The maximum atomic E-state index is 4.21. The lowest BCUT2D eigenvalue weighted by Gasteiger charge is -2.34. The molecule has 4 rings (SSSR count). The minimum Gasteiger partial charge on any atom is -0.311 e. The highest BCUT2D eigenvalue weighted by atomic mass is 35.5. The molecule has 2 aromatic carbocycles. The molecule has 1 aliphatic heterocycles. The van der Waals surface area contributed by atoms with E-state index in [0.29, 0.717) is 6.04 Å². The minimum atomic E-state index is 0. The quantitative estimate of drug-likeness (QED) is 0.638. The van der Waals surface area contributed by atoms with Gasteiger partial charge in [-0.05, 0) is 53.8 Å². The molecule has 0 radical (unpaired) electrons. The summed E-state index contributed by atoms with van der Waals surface area (Å²) < 4.78 is 0. The fraction of sp³-hybridized carbons (Fsp3) is 0.348. The second-order valence-corrected chi connectivity index (χ2v) is 7.30. The van der Waals surface area contributed by atoms with Crippen LogP contribution in [0.3, 0.4) is 0 Å². The highest BCUT2D eigenvalue weighted by Crippen LogP contribution is 2.17. The van der Waals surface area contributed by atoms with Gasteiger partial charge in [0.25, 0.3) is 0 Å². The smallest absolute Gasteiger partial charge is 0.0299 e. The second-order valence-electron chi connectivity index (χ2n) is 7.30. The van der Waals surface area contributed by atoms with E-state index >= 15 is 0 Å². The molecule has 1 N–H and O–H groups in total. The van der Waals surface area contributed by atoms with Gasteiger partial charge in [-0.15, -0.1) is 24.8 Å². The Morgan fingerprint density at radius 3 is 2.64 bits per heavy atom. The topological polar surface area (TPSA) is 28.2 Å². The number of rotatable bonds is 6. The first-order valence-corrected chi connectivity index (χ1v) is 9.69. The lowest BCUT2D eigenvalue weighted by Crippen LogP contribution is -2.51. The number of piperazine rings is 1. The molecule has 0 bridgehead atoms. The monoisotopic (exact) mass is 417 g/mol. The van der Waals surface area contributed by atoms with Crippen molar-refractivity contribution in [2.75, 3.05) is 26.2 Å². The average Bonchev–Trinajstić information content (AvgIpc) is 2.69. The molecule has 0 amide bonds. The first-order chi connectivity index (χ1) is 12.9. The van der Waals surface area contributed by atoms with Crippen molar-refractivity contribution in [3.63, 3.8) is 0 Å². The van der Waals surface area contributed by atoms with Crippen molar-refractivity contribution in [1.29, 1.82) is 0 Å². The van der Waals surface area contributed by atoms with E-state index in [0.717, 1.165) is 32.5 Å². The Morgan fingerprint density at radius 2 is 1.82 bits per heavy atom. The van der Waals surface area contributed by atoms with E-state index in [1.807, 2.05) is 18.5 Å². The van der Waals surface area contributed by atoms with Gasteiger partial charge < -0.3 is 10.2 Å². The van der Waals surface area contributed by atoms with Crippen LogP contribution >= 0.6 is 24.8 Å². The van der Waals surface area contributed by atoms with Gasteiger partial charge in [0, 0.05) is 38.1 Å². The van der Waals surface area contributed by atoms with E-state index < -0.39 is 0 Å². The average molecular weight is 418 g/mol. The third kappa shape index (κ3) is 6.18. The summed E-state index contributed by atoms with van der Waals surface area (Å²) in [7, 11) is 0. The number of aryl methyl sites for hydroxylation is 1. The van der Waals surface area contributed by atoms with E-state index in [2.05, 4.69) is 63.7 Å². The van der Waals surface area contributed by atoms with Crippen LogP contribution in [0.15, 0.2) is 67.0 Å². The molecule has 0 aliphatic carbocycles. The molecule has 1 aliphatic rings. The Labute approximate surface area is 180 Å². The fourth-order valence-corrected chi connectivity index (χ4v) is 3.94. The Bertz CT molecular complexity index is 841. The third-order valence-corrected chi connectivity index (χ3v) is 5.30. The lowest BCUT2D eigenvalue weighted by atomic mass is 10.0. The fourth-order valence-electron chi connectivity index (χ4n) is 3.94. The van der Waals surface area contributed by atoms with Crippen molar-refractivity contribution >= 4 is 35.6 Å². The second kappa shape index (κ2) is 11.4. The molecule has 0 spiro atoms. The van der Waals surface area contributed by atoms with Crippen LogP contribution < -0.4 is 5.32 Å². The van der Waals surface area contributed by atoms with Crippen molar-refractivity contribution in [1.82, 2.24) is 15.2 Å². The molecule has 1 unspecified atom stereocenters. The standard InChI is InChI=1S/C23H27N3.2ClH/c1-2-8-22-15-20(9-10-21(22)7-1)16-23-18-26(14-12-25-23)13-4-6-19-5-3-11-24-17-19;;/h1-3,5,7-11,15,17,23,25H,4,6,12-14,16,18H2;2*1H. The molecule has 5 heteroatoms. The van der Waals surface area contributed by atoms with Crippen molar-refractivity contribution in [2.24, 2.45) is 0 Å². The zero-order valence-corrected chi connectivity index (χ0v) is 17.7. The van der Waals surface area contributed by atoms with Crippen molar-refractivity contribution in [2.45, 2.75) is 25.3 Å². The predicted molar refractivity (Wildman–Crippen MR) is 123 cm³/mol. The zero-order valence-electron chi connectivity index (χ0n) is 16.1. The molecule has 3 aromatic rings. The van der Waals surface area contributed by atoms with Crippen LogP contribution in [0.1, 0.15) is 17.5 Å². The maximum absolute atomic E-state index is 4.21. The summed E-state index contributed by atoms with van der Waals surface area (Å²) in [4.78, 5) is 6.82. The summed E-state index contributed by atoms with van der Waals surface area (Å²) >= 11 is 0. The summed E-state index contributed by atoms with van der Waals surface area (Å²) in [6, 6.07) is 20.2. The van der Waals surface area contributed by atoms with E-state index in [4.69, 9.17) is 0 Å². The number of benzene rings is 2. The molecule has 1 saturated heterocycles. The van der Waals surface area contributed by atoms with Crippen LogP contribution in [0.4, 0.5) is 0 Å². The van der Waals surface area contributed by atoms with Crippen LogP contribution in [0, 0.1) is 0 Å². The number of nitrogens with zero attached hydrogens (tertiary/aromatic N) is 2. The molecular formula is C23H29Cl2N3. The van der Waals surface area contributed by atoms with Crippen molar-refractivity contribution < 1.29 is 0 Å². The van der Waals surface area contributed by atoms with Gasteiger partial charge in [0.2, 0.25) is 0 Å². The summed E-state index contributed by atoms with van der Waals surface area (Å²) in [5, 5.41) is 6.37. The van der Waals surface area contributed by atoms with Gasteiger partial charge in [0.1, 0.15) is 0 Å². The largest absolute Gasteiger partial charge is 0.311 e. The Balaban J connectivity index is 0.00000140. The Morgan fingerprint density at radius 1 is 0.964 bits per heavy atom. The summed E-state index contributed by atoms with van der Waals surface area (Å²) in [6.07, 6.45) is 7.25. The van der Waals surface area contributed by atoms with Gasteiger partial charge in [-0.25, -0.2) is 0 Å². The summed E-state index contributed by atoms with van der Waals surface area (Å²) in [5.41, 5.74) is 2.77. The van der Waals surface area contributed by atoms with Crippen LogP contribution in [-0.4, -0.2) is 42.1 Å². The molecule has 1 aromatic heterocycles. The Hall–Kier alpha value is -1.65. The highest BCUT2D eigenvalue weighted by Gasteiger charge is 2.19. The van der Waals surface area contributed by atoms with Gasteiger partial charge in [-0.2, -0.15) is 0 Å². The number of nitrogens with one attached hydrogen (secondary N) is 1. The maximum Gasteiger partial charge on any atom is 0.0299 e. The first kappa shape index (κ1) is 22.6. The van der Waals surface area contributed by atoms with Crippen molar-refractivity contribution in [3.8, 4) is 0 Å². The Kier molecular flexibility index (Phi) is 9.20. The number of hydrogen-bond acceptors (Lipinski definition) is 3. The van der Waals surface area contributed by atoms with E-state index in [9.17, 15) is 0 Å². The zero-order chi connectivity index (χ0) is 17.6. The van der Waals surface area contributed by atoms with E-state index in [1.165, 1.54) is 34.9 Å². The van der Waals surface area contributed by atoms with Gasteiger partial charge in [0.15, 0.2) is 0 Å². The van der Waals surface area contributed by atoms with Gasteiger partial charge in [0.05, 0.1) is 0 Å². The lowest BCUT2D eigenvalue weighted by molar-refractivity contribution is 0.197. The molecule has 1 fully saturated rings. The van der Waals surface area contributed by atoms with Crippen LogP contribution in [0.2, 0.25) is 0 Å². The van der Waals surface area contributed by atoms with Crippen LogP contribution in [0.5, 0.6) is 0 Å². The number of pyridine rings is 1. The number of hydrogen-bond donors (Lipinski definition) is 1. The van der Waals surface area contributed by atoms with Crippen molar-refractivity contribution in [3.05, 3.63) is 78.1 Å². The van der Waals surface area contributed by atoms with Crippen LogP contribution in [-0.2, 0) is 12.8 Å². The number of aromatic nitrogens is 1. The van der Waals surface area contributed by atoms with Gasteiger partial charge >= 0.3 is 0 Å². The molecular weight excluding hydrogens is 389 g/mol. The summed E-state index contributed by atoms with van der Waals surface area (Å²) in [5.74, 6) is 0. The molecule has 150 valence electrons. The predicted octanol–water partition coefficient (Wildman–Crippen LogP) is 4.53. The molecule has 1 atom stereocenters. The summed E-state index contributed by atoms with van der Waals surface area (Å²) in [6.45, 7) is 4.55. The van der Waals surface area contributed by atoms with Gasteiger partial charge in [-0.1, -0.05) is 48.5 Å². The van der Waals surface area contributed by atoms with E-state index in [1.54, 1.807) is 0 Å². The molecule has 2 heterocycles.